The third-order valence-corrected chi connectivity index (χ3v) is 5.12. The monoisotopic (exact) mass is 300 g/mol. The van der Waals surface area contributed by atoms with Gasteiger partial charge in [0.15, 0.2) is 0 Å². The van der Waals surface area contributed by atoms with Crippen molar-refractivity contribution in [3.8, 4) is 0 Å². The van der Waals surface area contributed by atoms with Crippen LogP contribution in [-0.4, -0.2) is 51.5 Å². The lowest BCUT2D eigenvalue weighted by Crippen LogP contribution is -2.51. The van der Waals surface area contributed by atoms with Gasteiger partial charge in [0.2, 0.25) is 5.95 Å². The lowest BCUT2D eigenvalue weighted by molar-refractivity contribution is 0.00749. The van der Waals surface area contributed by atoms with E-state index in [1.54, 1.807) is 0 Å². The summed E-state index contributed by atoms with van der Waals surface area (Å²) < 4.78 is 2.18. The third kappa shape index (κ3) is 1.86. The van der Waals surface area contributed by atoms with Gasteiger partial charge in [-0.15, -0.1) is 0 Å². The Kier molecular flexibility index (Phi) is 2.86. The molecule has 22 heavy (non-hydrogen) atoms. The molecule has 7 nitrogen and oxygen atoms in total. The molecule has 2 aromatic rings. The minimum atomic E-state index is 0.540. The summed E-state index contributed by atoms with van der Waals surface area (Å²) >= 11 is 0. The van der Waals surface area contributed by atoms with Crippen LogP contribution in [0.1, 0.15) is 24.2 Å². The number of rotatable bonds is 1. The molecule has 116 valence electrons. The van der Waals surface area contributed by atoms with Crippen LogP contribution in [0, 0.1) is 0 Å². The van der Waals surface area contributed by atoms with Crippen LogP contribution in [0.25, 0.3) is 5.65 Å². The van der Waals surface area contributed by atoms with Gasteiger partial charge in [0.1, 0.15) is 12.3 Å². The van der Waals surface area contributed by atoms with Gasteiger partial charge in [-0.05, 0) is 25.5 Å². The average Bonchev–Trinajstić information content (AvgIpc) is 3.17. The summed E-state index contributed by atoms with van der Waals surface area (Å²) in [5.74, 6) is 1.02. The lowest BCUT2D eigenvalue weighted by Gasteiger charge is -2.38. The minimum Gasteiger partial charge on any atom is -0.339 e. The Morgan fingerprint density at radius 1 is 1.27 bits per heavy atom. The van der Waals surface area contributed by atoms with E-state index in [1.165, 1.54) is 19.4 Å². The van der Waals surface area contributed by atoms with E-state index in [0.29, 0.717) is 19.2 Å². The van der Waals surface area contributed by atoms with Crippen molar-refractivity contribution in [2.45, 2.75) is 32.0 Å². The average molecular weight is 300 g/mol. The molecular weight excluding hydrogens is 280 g/mol. The lowest BCUT2D eigenvalue weighted by atomic mass is 10.1. The van der Waals surface area contributed by atoms with E-state index in [2.05, 4.69) is 24.7 Å². The molecule has 2 fully saturated rings. The fourth-order valence-corrected chi connectivity index (χ4v) is 4.01. The van der Waals surface area contributed by atoms with Gasteiger partial charge >= 0.3 is 0 Å². The van der Waals surface area contributed by atoms with Crippen molar-refractivity contribution in [3.05, 3.63) is 23.7 Å². The first-order chi connectivity index (χ1) is 10.9. The summed E-state index contributed by atoms with van der Waals surface area (Å²) in [7, 11) is 0. The van der Waals surface area contributed by atoms with Crippen molar-refractivity contribution < 1.29 is 4.84 Å². The van der Waals surface area contributed by atoms with Crippen molar-refractivity contribution in [2.24, 2.45) is 0 Å². The molecule has 2 saturated heterocycles. The van der Waals surface area contributed by atoms with Crippen molar-refractivity contribution in [1.82, 2.24) is 24.7 Å². The first kappa shape index (κ1) is 12.8. The maximum atomic E-state index is 5.41. The molecule has 0 amide bonds. The largest absolute Gasteiger partial charge is 0.339 e. The molecule has 1 unspecified atom stereocenters. The number of nitrogens with one attached hydrogen (secondary N) is 1. The number of hydrogen-bond acceptors (Lipinski definition) is 6. The Balaban J connectivity index is 1.57. The predicted octanol–water partition coefficient (Wildman–Crippen LogP) is 0.548. The third-order valence-electron chi connectivity index (χ3n) is 5.12. The number of hydrogen-bond donors (Lipinski definition) is 1. The molecule has 0 bridgehead atoms. The highest BCUT2D eigenvalue weighted by molar-refractivity contribution is 5.51. The van der Waals surface area contributed by atoms with Crippen LogP contribution in [0.4, 0.5) is 5.95 Å². The summed E-state index contributed by atoms with van der Waals surface area (Å²) in [5, 5.41) is 0. The van der Waals surface area contributed by atoms with Crippen LogP contribution in [0.2, 0.25) is 0 Å². The molecule has 0 saturated carbocycles. The number of fused-ring (bicyclic) bond motifs is 4. The standard InChI is InChI=1S/C15H20N6O/c1-2-11-9-20(7-6-19(11)5-1)15-16-4-3-14-18-12-8-17-22-10-13(12)21(14)15/h3-4,11,17H,1-2,5-10H2. The van der Waals surface area contributed by atoms with Crippen LogP contribution in [0.15, 0.2) is 12.3 Å². The van der Waals surface area contributed by atoms with Crippen LogP contribution in [-0.2, 0) is 18.0 Å². The molecule has 7 heteroatoms. The van der Waals surface area contributed by atoms with E-state index in [-0.39, 0.29) is 0 Å². The van der Waals surface area contributed by atoms with Crippen molar-refractivity contribution in [3.63, 3.8) is 0 Å². The number of hydroxylamine groups is 1. The number of piperazine rings is 1. The molecule has 0 spiro atoms. The Morgan fingerprint density at radius 3 is 3.27 bits per heavy atom. The molecule has 1 atom stereocenters. The van der Waals surface area contributed by atoms with Crippen LogP contribution in [0.3, 0.4) is 0 Å². The summed E-state index contributed by atoms with van der Waals surface area (Å²) in [4.78, 5) is 19.8. The van der Waals surface area contributed by atoms with E-state index >= 15 is 0 Å². The molecule has 5 rings (SSSR count). The smallest absolute Gasteiger partial charge is 0.211 e. The molecular formula is C15H20N6O. The SMILES string of the molecule is c1cc2nc3c(n2c(N2CCN4CCCC4C2)n1)CONC3. The Bertz CT molecular complexity index is 713. The Morgan fingerprint density at radius 2 is 2.27 bits per heavy atom. The maximum Gasteiger partial charge on any atom is 0.211 e. The summed E-state index contributed by atoms with van der Waals surface area (Å²) in [6.45, 7) is 5.70. The van der Waals surface area contributed by atoms with E-state index < -0.39 is 0 Å². The molecule has 2 aromatic heterocycles. The van der Waals surface area contributed by atoms with Gasteiger partial charge in [0.25, 0.3) is 0 Å². The van der Waals surface area contributed by atoms with Gasteiger partial charge in [0.05, 0.1) is 17.9 Å². The molecule has 3 aliphatic rings. The minimum absolute atomic E-state index is 0.540. The van der Waals surface area contributed by atoms with Gasteiger partial charge in [-0.25, -0.2) is 9.97 Å². The van der Waals surface area contributed by atoms with Crippen LogP contribution < -0.4 is 10.4 Å². The summed E-state index contributed by atoms with van der Waals surface area (Å²) in [5.41, 5.74) is 6.08. The van der Waals surface area contributed by atoms with Crippen molar-refractivity contribution >= 4 is 11.6 Å². The van der Waals surface area contributed by atoms with Gasteiger partial charge in [-0.1, -0.05) is 0 Å². The van der Waals surface area contributed by atoms with Crippen molar-refractivity contribution in [2.75, 3.05) is 31.1 Å². The fraction of sp³-hybridized carbons (Fsp3) is 0.600. The van der Waals surface area contributed by atoms with E-state index in [1.807, 2.05) is 12.3 Å². The molecule has 0 aromatic carbocycles. The number of imidazole rings is 1. The molecule has 0 aliphatic carbocycles. The second-order valence-electron chi connectivity index (χ2n) is 6.33. The fourth-order valence-electron chi connectivity index (χ4n) is 4.01. The summed E-state index contributed by atoms with van der Waals surface area (Å²) in [6, 6.07) is 2.66. The van der Waals surface area contributed by atoms with Gasteiger partial charge in [-0.3, -0.25) is 14.1 Å². The van der Waals surface area contributed by atoms with E-state index in [0.717, 1.165) is 42.6 Å². The van der Waals surface area contributed by atoms with E-state index in [4.69, 9.17) is 9.82 Å². The second kappa shape index (κ2) is 4.91. The normalized spacial score (nSPS) is 25.5. The van der Waals surface area contributed by atoms with Crippen molar-refractivity contribution in [1.29, 1.82) is 0 Å². The Labute approximate surface area is 128 Å². The van der Waals surface area contributed by atoms with Gasteiger partial charge < -0.3 is 4.90 Å². The van der Waals surface area contributed by atoms with Crippen LogP contribution >= 0.6 is 0 Å². The molecule has 0 radical (unpaired) electrons. The molecule has 5 heterocycles. The van der Waals surface area contributed by atoms with Gasteiger partial charge in [-0.2, -0.15) is 5.48 Å². The molecule has 3 aliphatic heterocycles. The predicted molar refractivity (Wildman–Crippen MR) is 81.4 cm³/mol. The highest BCUT2D eigenvalue weighted by atomic mass is 16.6. The maximum absolute atomic E-state index is 5.41. The summed E-state index contributed by atoms with van der Waals surface area (Å²) in [6.07, 6.45) is 4.51. The van der Waals surface area contributed by atoms with Gasteiger partial charge in [0, 0.05) is 31.9 Å². The zero-order valence-electron chi connectivity index (χ0n) is 12.5. The quantitative estimate of drug-likeness (QED) is 0.830. The highest BCUT2D eigenvalue weighted by Gasteiger charge is 2.32. The first-order valence-corrected chi connectivity index (χ1v) is 8.09. The zero-order chi connectivity index (χ0) is 14.5. The van der Waals surface area contributed by atoms with E-state index in [9.17, 15) is 0 Å². The number of nitrogens with zero attached hydrogens (tertiary/aromatic N) is 5. The molecule has 1 N–H and O–H groups in total. The van der Waals surface area contributed by atoms with Crippen LogP contribution in [0.5, 0.6) is 0 Å². The Hall–Kier alpha value is -1.70. The second-order valence-corrected chi connectivity index (χ2v) is 6.33. The first-order valence-electron chi connectivity index (χ1n) is 8.09. The topological polar surface area (TPSA) is 57.9 Å². The number of aromatic nitrogens is 3. The zero-order valence-corrected chi connectivity index (χ0v) is 12.5. The highest BCUT2D eigenvalue weighted by Crippen LogP contribution is 2.27. The number of anilines is 1.